The van der Waals surface area contributed by atoms with Crippen LogP contribution in [0.25, 0.3) is 0 Å². The molecular formula is C17H16FN3O5. The minimum absolute atomic E-state index is 0.0903. The van der Waals surface area contributed by atoms with Gasteiger partial charge in [0.1, 0.15) is 0 Å². The number of ether oxygens (including phenoxy) is 1. The highest BCUT2D eigenvalue weighted by atomic mass is 19.1. The number of amides is 2. The topological polar surface area (TPSA) is 111 Å². The second kappa shape index (κ2) is 8.06. The monoisotopic (exact) mass is 361 g/mol. The Morgan fingerprint density at radius 3 is 2.50 bits per heavy atom. The number of rotatable bonds is 5. The van der Waals surface area contributed by atoms with Crippen molar-refractivity contribution in [3.8, 4) is 5.75 Å². The van der Waals surface area contributed by atoms with E-state index < -0.39 is 28.7 Å². The Morgan fingerprint density at radius 1 is 1.19 bits per heavy atom. The minimum atomic E-state index is -1.06. The molecule has 2 N–H and O–H groups in total. The summed E-state index contributed by atoms with van der Waals surface area (Å²) in [6.07, 6.45) is -1.06. The van der Waals surface area contributed by atoms with Gasteiger partial charge in [0.15, 0.2) is 17.7 Å². The zero-order valence-electron chi connectivity index (χ0n) is 14.0. The molecule has 0 fully saturated rings. The van der Waals surface area contributed by atoms with Crippen LogP contribution in [0.3, 0.4) is 0 Å². The summed E-state index contributed by atoms with van der Waals surface area (Å²) >= 11 is 0. The first-order valence-electron chi connectivity index (χ1n) is 7.56. The average Bonchev–Trinajstić information content (AvgIpc) is 2.60. The molecule has 0 radical (unpaired) electrons. The van der Waals surface area contributed by atoms with Gasteiger partial charge in [-0.2, -0.15) is 0 Å². The quantitative estimate of drug-likeness (QED) is 0.627. The molecule has 0 spiro atoms. The zero-order chi connectivity index (χ0) is 19.3. The number of carbonyl (C=O) groups excluding carboxylic acids is 2. The van der Waals surface area contributed by atoms with Gasteiger partial charge in [0, 0.05) is 17.2 Å². The normalized spacial score (nSPS) is 11.3. The number of nitro groups is 1. The van der Waals surface area contributed by atoms with E-state index in [2.05, 4.69) is 10.9 Å². The lowest BCUT2D eigenvalue weighted by Crippen LogP contribution is -2.47. The Morgan fingerprint density at radius 2 is 1.88 bits per heavy atom. The van der Waals surface area contributed by atoms with Crippen molar-refractivity contribution in [1.82, 2.24) is 10.9 Å². The Labute approximate surface area is 148 Å². The van der Waals surface area contributed by atoms with Crippen LogP contribution in [0, 0.1) is 22.9 Å². The van der Waals surface area contributed by atoms with Gasteiger partial charge in [-0.3, -0.25) is 30.6 Å². The number of nitrogens with one attached hydrogen (secondary N) is 2. The molecule has 2 aromatic rings. The lowest BCUT2D eigenvalue weighted by Gasteiger charge is -2.15. The first-order chi connectivity index (χ1) is 12.3. The number of nitro benzene ring substituents is 1. The van der Waals surface area contributed by atoms with Crippen LogP contribution in [-0.4, -0.2) is 22.8 Å². The van der Waals surface area contributed by atoms with Gasteiger partial charge in [-0.1, -0.05) is 12.1 Å². The fourth-order valence-corrected chi connectivity index (χ4v) is 2.08. The number of aryl methyl sites for hydroxylation is 1. The number of hydrazine groups is 1. The maximum absolute atomic E-state index is 13.5. The first-order valence-corrected chi connectivity index (χ1v) is 7.56. The number of nitrogens with zero attached hydrogens (tertiary/aromatic N) is 1. The molecule has 26 heavy (non-hydrogen) atoms. The molecule has 0 aliphatic rings. The van der Waals surface area contributed by atoms with E-state index in [0.717, 1.165) is 0 Å². The molecule has 0 saturated carbocycles. The molecule has 1 unspecified atom stereocenters. The standard InChI is InChI=1S/C17H16FN3O5/c1-10-9-12(7-8-14(10)21(24)25)17(23)20-19-16(22)11(2)26-15-6-4-3-5-13(15)18/h3-9,11H,1-2H3,(H,19,22)(H,20,23). The molecule has 0 aromatic heterocycles. The lowest BCUT2D eigenvalue weighted by atomic mass is 10.1. The van der Waals surface area contributed by atoms with Gasteiger partial charge in [-0.25, -0.2) is 4.39 Å². The van der Waals surface area contributed by atoms with Crippen molar-refractivity contribution in [3.63, 3.8) is 0 Å². The number of carbonyl (C=O) groups is 2. The van der Waals surface area contributed by atoms with Crippen LogP contribution < -0.4 is 15.6 Å². The summed E-state index contributed by atoms with van der Waals surface area (Å²) in [7, 11) is 0. The van der Waals surface area contributed by atoms with E-state index in [1.54, 1.807) is 6.07 Å². The maximum atomic E-state index is 13.5. The highest BCUT2D eigenvalue weighted by Crippen LogP contribution is 2.19. The van der Waals surface area contributed by atoms with Gasteiger partial charge in [0.2, 0.25) is 0 Å². The molecule has 0 aliphatic carbocycles. The second-order valence-corrected chi connectivity index (χ2v) is 5.39. The third kappa shape index (κ3) is 4.53. The third-order valence-corrected chi connectivity index (χ3v) is 3.46. The van der Waals surface area contributed by atoms with Crippen molar-refractivity contribution in [2.24, 2.45) is 0 Å². The van der Waals surface area contributed by atoms with E-state index >= 15 is 0 Å². The van der Waals surface area contributed by atoms with E-state index in [0.29, 0.717) is 5.56 Å². The molecule has 2 aromatic carbocycles. The van der Waals surface area contributed by atoms with Crippen LogP contribution in [-0.2, 0) is 4.79 Å². The highest BCUT2D eigenvalue weighted by Gasteiger charge is 2.18. The number of benzene rings is 2. The van der Waals surface area contributed by atoms with Crippen LogP contribution in [0.15, 0.2) is 42.5 Å². The van der Waals surface area contributed by atoms with Crippen molar-refractivity contribution < 1.29 is 23.6 Å². The maximum Gasteiger partial charge on any atom is 0.279 e. The van der Waals surface area contributed by atoms with Crippen molar-refractivity contribution in [3.05, 3.63) is 69.5 Å². The predicted octanol–water partition coefficient (Wildman–Crippen LogP) is 2.27. The van der Waals surface area contributed by atoms with Gasteiger partial charge in [0.25, 0.3) is 17.5 Å². The fourth-order valence-electron chi connectivity index (χ4n) is 2.08. The molecule has 8 nitrogen and oxygen atoms in total. The van der Waals surface area contributed by atoms with Gasteiger partial charge < -0.3 is 4.74 Å². The van der Waals surface area contributed by atoms with Crippen molar-refractivity contribution >= 4 is 17.5 Å². The summed E-state index contributed by atoms with van der Waals surface area (Å²) in [5.74, 6) is -2.06. The highest BCUT2D eigenvalue weighted by molar-refractivity contribution is 5.96. The van der Waals surface area contributed by atoms with E-state index in [4.69, 9.17) is 4.74 Å². The van der Waals surface area contributed by atoms with Gasteiger partial charge in [-0.15, -0.1) is 0 Å². The zero-order valence-corrected chi connectivity index (χ0v) is 14.0. The number of halogens is 1. The van der Waals surface area contributed by atoms with E-state index in [1.165, 1.54) is 50.2 Å². The van der Waals surface area contributed by atoms with E-state index in [9.17, 15) is 24.1 Å². The van der Waals surface area contributed by atoms with E-state index in [1.807, 2.05) is 0 Å². The fraction of sp³-hybridized carbons (Fsp3) is 0.176. The van der Waals surface area contributed by atoms with Gasteiger partial charge in [-0.05, 0) is 38.1 Å². The molecule has 0 saturated heterocycles. The minimum Gasteiger partial charge on any atom is -0.478 e. The number of hydrogen-bond donors (Lipinski definition) is 2. The molecule has 0 aliphatic heterocycles. The number of hydrogen-bond acceptors (Lipinski definition) is 5. The Balaban J connectivity index is 1.94. The lowest BCUT2D eigenvalue weighted by molar-refractivity contribution is -0.385. The smallest absolute Gasteiger partial charge is 0.279 e. The third-order valence-electron chi connectivity index (χ3n) is 3.46. The molecular weight excluding hydrogens is 345 g/mol. The van der Waals surface area contributed by atoms with E-state index in [-0.39, 0.29) is 17.0 Å². The van der Waals surface area contributed by atoms with Crippen LogP contribution in [0.5, 0.6) is 5.75 Å². The first kappa shape index (κ1) is 18.8. The van der Waals surface area contributed by atoms with Crippen LogP contribution in [0.4, 0.5) is 10.1 Å². The van der Waals surface area contributed by atoms with Crippen LogP contribution in [0.1, 0.15) is 22.8 Å². The molecule has 136 valence electrons. The summed E-state index contributed by atoms with van der Waals surface area (Å²) in [6, 6.07) is 9.41. The molecule has 0 bridgehead atoms. The van der Waals surface area contributed by atoms with Crippen LogP contribution in [0.2, 0.25) is 0 Å². The predicted molar refractivity (Wildman–Crippen MR) is 89.9 cm³/mol. The summed E-state index contributed by atoms with van der Waals surface area (Å²) in [4.78, 5) is 34.2. The molecule has 0 heterocycles. The molecule has 1 atom stereocenters. The van der Waals surface area contributed by atoms with Crippen molar-refractivity contribution in [2.45, 2.75) is 20.0 Å². The van der Waals surface area contributed by atoms with Gasteiger partial charge in [0.05, 0.1) is 4.92 Å². The molecule has 2 rings (SSSR count). The van der Waals surface area contributed by atoms with Crippen molar-refractivity contribution in [2.75, 3.05) is 0 Å². The largest absolute Gasteiger partial charge is 0.478 e. The molecule has 2 amide bonds. The Bertz CT molecular complexity index is 856. The SMILES string of the molecule is Cc1cc(C(=O)NNC(=O)C(C)Oc2ccccc2F)ccc1[N+](=O)[O-]. The second-order valence-electron chi connectivity index (χ2n) is 5.39. The Kier molecular flexibility index (Phi) is 5.84. The summed E-state index contributed by atoms with van der Waals surface area (Å²) in [5.41, 5.74) is 4.66. The molecule has 9 heteroatoms. The summed E-state index contributed by atoms with van der Waals surface area (Å²) in [6.45, 7) is 2.89. The Hall–Kier alpha value is -3.49. The average molecular weight is 361 g/mol. The van der Waals surface area contributed by atoms with Gasteiger partial charge >= 0.3 is 0 Å². The summed E-state index contributed by atoms with van der Waals surface area (Å²) in [5, 5.41) is 10.8. The summed E-state index contributed by atoms with van der Waals surface area (Å²) < 4.78 is 18.7. The van der Waals surface area contributed by atoms with Crippen LogP contribution >= 0.6 is 0 Å². The van der Waals surface area contributed by atoms with Crippen molar-refractivity contribution in [1.29, 1.82) is 0 Å². The number of para-hydroxylation sites is 1.